The van der Waals surface area contributed by atoms with E-state index in [1.807, 2.05) is 0 Å². The number of pyridine rings is 1. The van der Waals surface area contributed by atoms with Crippen LogP contribution >= 0.6 is 0 Å². The fraction of sp³-hybridized carbons (Fsp3) is 0.591. The topological polar surface area (TPSA) is 123 Å². The van der Waals surface area contributed by atoms with Crippen molar-refractivity contribution in [2.45, 2.75) is 70.6 Å². The molecule has 3 heterocycles. The van der Waals surface area contributed by atoms with Gasteiger partial charge in [-0.15, -0.1) is 0 Å². The molecule has 2 aromatic heterocycles. The molecule has 0 spiro atoms. The summed E-state index contributed by atoms with van der Waals surface area (Å²) in [5.41, 5.74) is 6.39. The van der Waals surface area contributed by atoms with Crippen molar-refractivity contribution in [1.29, 1.82) is 0 Å². The fourth-order valence-electron chi connectivity index (χ4n) is 5.44. The maximum absolute atomic E-state index is 13.3. The van der Waals surface area contributed by atoms with Crippen LogP contribution in [-0.2, 0) is 16.1 Å². The maximum Gasteiger partial charge on any atom is 0.269 e. The van der Waals surface area contributed by atoms with E-state index in [-0.39, 0.29) is 41.6 Å². The molecule has 3 N–H and O–H groups in total. The van der Waals surface area contributed by atoms with Crippen LogP contribution in [-0.4, -0.2) is 55.5 Å². The summed E-state index contributed by atoms with van der Waals surface area (Å²) in [6, 6.07) is 1.53. The Balaban J connectivity index is 1.33. The van der Waals surface area contributed by atoms with Crippen molar-refractivity contribution in [1.82, 2.24) is 25.0 Å². The third-order valence-corrected chi connectivity index (χ3v) is 7.08. The van der Waals surface area contributed by atoms with Gasteiger partial charge in [0.2, 0.25) is 11.8 Å². The Labute approximate surface area is 180 Å². The van der Waals surface area contributed by atoms with Gasteiger partial charge in [-0.1, -0.05) is 13.8 Å². The van der Waals surface area contributed by atoms with E-state index < -0.39 is 11.9 Å². The molecule has 2 aliphatic carbocycles. The normalized spacial score (nSPS) is 28.5. The molecule has 0 unspecified atom stereocenters. The number of nitrogens with two attached hydrogens (primary N) is 1. The van der Waals surface area contributed by atoms with E-state index in [0.29, 0.717) is 23.2 Å². The zero-order chi connectivity index (χ0) is 21.9. The Hall–Kier alpha value is -2.97. The summed E-state index contributed by atoms with van der Waals surface area (Å²) in [5.74, 6) is -0.464. The lowest BCUT2D eigenvalue weighted by Gasteiger charge is -2.28. The smallest absolute Gasteiger partial charge is 0.269 e. The van der Waals surface area contributed by atoms with Crippen molar-refractivity contribution in [3.8, 4) is 0 Å². The van der Waals surface area contributed by atoms with Gasteiger partial charge < -0.3 is 16.0 Å². The van der Waals surface area contributed by atoms with Crippen molar-refractivity contribution in [2.75, 3.05) is 0 Å². The third-order valence-electron chi connectivity index (χ3n) is 7.08. The average Bonchev–Trinajstić information content (AvgIpc) is 3.05. The molecular formula is C22H28N6O3. The van der Waals surface area contributed by atoms with Gasteiger partial charge in [-0.2, -0.15) is 5.10 Å². The van der Waals surface area contributed by atoms with Crippen molar-refractivity contribution < 1.29 is 14.4 Å². The van der Waals surface area contributed by atoms with E-state index in [4.69, 9.17) is 5.73 Å². The quantitative estimate of drug-likeness (QED) is 0.747. The summed E-state index contributed by atoms with van der Waals surface area (Å²) in [6.45, 7) is 4.39. The predicted molar refractivity (Wildman–Crippen MR) is 113 cm³/mol. The number of carbonyl (C=O) groups excluding carboxylic acids is 3. The summed E-state index contributed by atoms with van der Waals surface area (Å²) >= 11 is 0. The first-order valence-corrected chi connectivity index (χ1v) is 11.0. The Kier molecular flexibility index (Phi) is 4.53. The van der Waals surface area contributed by atoms with Gasteiger partial charge in [0.1, 0.15) is 12.6 Å². The number of nitrogens with zero attached hydrogens (tertiary/aromatic N) is 4. The van der Waals surface area contributed by atoms with Crippen LogP contribution in [0, 0.1) is 11.3 Å². The molecule has 0 aromatic carbocycles. The molecule has 0 bridgehead atoms. The molecule has 3 fully saturated rings. The molecular weight excluding hydrogens is 396 g/mol. The van der Waals surface area contributed by atoms with Crippen LogP contribution in [0.2, 0.25) is 0 Å². The average molecular weight is 425 g/mol. The molecule has 9 nitrogen and oxygen atoms in total. The molecule has 4 atom stereocenters. The largest absolute Gasteiger partial charge is 0.364 e. The van der Waals surface area contributed by atoms with E-state index in [0.717, 1.165) is 25.7 Å². The van der Waals surface area contributed by atoms with Gasteiger partial charge in [-0.05, 0) is 49.5 Å². The number of aromatic nitrogens is 3. The number of primary amides is 1. The summed E-state index contributed by atoms with van der Waals surface area (Å²) in [4.78, 5) is 43.9. The lowest BCUT2D eigenvalue weighted by molar-refractivity contribution is -0.140. The number of hydrogen-bond acceptors (Lipinski definition) is 5. The Bertz CT molecular complexity index is 1080. The number of rotatable bonds is 5. The van der Waals surface area contributed by atoms with Gasteiger partial charge in [-0.25, -0.2) is 0 Å². The Morgan fingerprint density at radius 2 is 2.10 bits per heavy atom. The van der Waals surface area contributed by atoms with E-state index >= 15 is 0 Å². The fourth-order valence-corrected chi connectivity index (χ4v) is 5.44. The van der Waals surface area contributed by atoms with E-state index in [1.54, 1.807) is 23.4 Å². The molecule has 1 aliphatic heterocycles. The van der Waals surface area contributed by atoms with Gasteiger partial charge in [0.15, 0.2) is 5.69 Å². The molecule has 0 radical (unpaired) electrons. The second-order valence-corrected chi connectivity index (χ2v) is 9.99. The molecule has 1 saturated heterocycles. The molecule has 31 heavy (non-hydrogen) atoms. The minimum absolute atomic E-state index is 0.0481. The standard InChI is InChI=1S/C22H28N6O3/c1-22(2)5-3-13(9-22)25-21(31)16-8-12-7-15(12)28(16)18(29)11-27-17-10-24-6-4-14(17)19(26-27)20(23)30/h4,6,10,12-13,15-16H,3,5,7-9,11H2,1-2H3,(H2,23,30)(H,25,31)/t12-,13-,15-,16+/m1/s1. The van der Waals surface area contributed by atoms with E-state index in [2.05, 4.69) is 29.2 Å². The first-order chi connectivity index (χ1) is 14.7. The van der Waals surface area contributed by atoms with Crippen LogP contribution in [0.3, 0.4) is 0 Å². The van der Waals surface area contributed by atoms with Gasteiger partial charge in [0.05, 0.1) is 11.7 Å². The zero-order valence-corrected chi connectivity index (χ0v) is 17.9. The predicted octanol–water partition coefficient (Wildman–Crippen LogP) is 1.21. The second kappa shape index (κ2) is 7.03. The maximum atomic E-state index is 13.3. The highest BCUT2D eigenvalue weighted by Crippen LogP contribution is 2.48. The Morgan fingerprint density at radius 3 is 2.81 bits per heavy atom. The summed E-state index contributed by atoms with van der Waals surface area (Å²) in [6.07, 6.45) is 7.83. The first kappa shape index (κ1) is 20.0. The second-order valence-electron chi connectivity index (χ2n) is 9.99. The van der Waals surface area contributed by atoms with Crippen molar-refractivity contribution in [3.05, 3.63) is 24.2 Å². The molecule has 3 amide bonds. The molecule has 164 valence electrons. The monoisotopic (exact) mass is 424 g/mol. The minimum Gasteiger partial charge on any atom is -0.364 e. The molecule has 2 aromatic rings. The highest BCUT2D eigenvalue weighted by molar-refractivity contribution is 6.04. The van der Waals surface area contributed by atoms with Crippen LogP contribution in [0.4, 0.5) is 0 Å². The van der Waals surface area contributed by atoms with Crippen LogP contribution in [0.25, 0.3) is 10.9 Å². The van der Waals surface area contributed by atoms with E-state index in [1.165, 1.54) is 4.68 Å². The number of likely N-dealkylation sites (tertiary alicyclic amines) is 1. The van der Waals surface area contributed by atoms with Gasteiger partial charge in [0, 0.05) is 23.7 Å². The lowest BCUT2D eigenvalue weighted by Crippen LogP contribution is -2.50. The summed E-state index contributed by atoms with van der Waals surface area (Å²) in [7, 11) is 0. The number of piperidine rings is 1. The van der Waals surface area contributed by atoms with Crippen molar-refractivity contribution >= 4 is 28.6 Å². The summed E-state index contributed by atoms with van der Waals surface area (Å²) < 4.78 is 1.47. The van der Waals surface area contributed by atoms with Crippen LogP contribution in [0.15, 0.2) is 18.5 Å². The van der Waals surface area contributed by atoms with Gasteiger partial charge in [0.25, 0.3) is 5.91 Å². The molecule has 3 aliphatic rings. The number of carbonyl (C=O) groups is 3. The molecule has 2 saturated carbocycles. The van der Waals surface area contributed by atoms with Crippen molar-refractivity contribution in [3.63, 3.8) is 0 Å². The summed E-state index contributed by atoms with van der Waals surface area (Å²) in [5, 5.41) is 8.02. The number of hydrogen-bond donors (Lipinski definition) is 2. The van der Waals surface area contributed by atoms with Crippen LogP contribution in [0.1, 0.15) is 56.4 Å². The highest BCUT2D eigenvalue weighted by atomic mass is 16.2. The first-order valence-electron chi connectivity index (χ1n) is 11.0. The number of nitrogens with one attached hydrogen (secondary N) is 1. The molecule has 5 rings (SSSR count). The van der Waals surface area contributed by atoms with Crippen LogP contribution < -0.4 is 11.1 Å². The Morgan fingerprint density at radius 1 is 1.29 bits per heavy atom. The van der Waals surface area contributed by atoms with Gasteiger partial charge >= 0.3 is 0 Å². The lowest BCUT2D eigenvalue weighted by atomic mass is 9.92. The van der Waals surface area contributed by atoms with Crippen molar-refractivity contribution in [2.24, 2.45) is 17.1 Å². The SMILES string of the molecule is CC1(C)CC[C@@H](NC(=O)[C@@H]2C[C@H]3C[C@H]3N2C(=O)Cn2nc(C(N)=O)c3ccncc32)C1. The zero-order valence-electron chi connectivity index (χ0n) is 17.9. The molecule has 9 heteroatoms. The van der Waals surface area contributed by atoms with Gasteiger partial charge in [-0.3, -0.25) is 24.0 Å². The van der Waals surface area contributed by atoms with E-state index in [9.17, 15) is 14.4 Å². The number of amides is 3. The van der Waals surface area contributed by atoms with Crippen LogP contribution in [0.5, 0.6) is 0 Å². The highest BCUT2D eigenvalue weighted by Gasteiger charge is 2.56. The number of fused-ring (bicyclic) bond motifs is 2. The third kappa shape index (κ3) is 3.55. The minimum atomic E-state index is -0.650.